The Labute approximate surface area is 179 Å². The number of benzene rings is 2. The van der Waals surface area contributed by atoms with E-state index in [-0.39, 0.29) is 11.3 Å². The Bertz CT molecular complexity index is 948. The van der Waals surface area contributed by atoms with E-state index in [1.807, 2.05) is 6.07 Å². The second-order valence-corrected chi connectivity index (χ2v) is 8.91. The van der Waals surface area contributed by atoms with Crippen LogP contribution in [-0.2, 0) is 24.3 Å². The highest BCUT2D eigenvalue weighted by Gasteiger charge is 2.25. The van der Waals surface area contributed by atoms with E-state index in [4.69, 9.17) is 14.2 Å². The van der Waals surface area contributed by atoms with Crippen molar-refractivity contribution >= 4 is 31.9 Å². The van der Waals surface area contributed by atoms with Crippen molar-refractivity contribution in [2.45, 2.75) is 24.3 Å². The van der Waals surface area contributed by atoms with Gasteiger partial charge in [-0.05, 0) is 48.4 Å². The molecule has 2 aromatic carbocycles. The minimum absolute atomic E-state index is 0.0824. The minimum Gasteiger partial charge on any atom is -0.491 e. The molecule has 0 heterocycles. The highest BCUT2D eigenvalue weighted by Crippen LogP contribution is 2.26. The second-order valence-electron chi connectivity index (χ2n) is 6.28. The van der Waals surface area contributed by atoms with E-state index >= 15 is 0 Å². The first-order valence-corrected chi connectivity index (χ1v) is 11.1. The summed E-state index contributed by atoms with van der Waals surface area (Å²) in [5.74, 6) is 0.0647. The molecule has 1 atom stereocenters. The molecule has 0 bridgehead atoms. The lowest BCUT2D eigenvalue weighted by Gasteiger charge is -2.19. The SMILES string of the molecule is COCCOc1ccc(S(=O)(=O)NC(CC(=O)OC)c2cccc(Br)c2)cc1C. The van der Waals surface area contributed by atoms with Crippen molar-refractivity contribution < 1.29 is 27.4 Å². The molecular weight excluding hydrogens is 462 g/mol. The van der Waals surface area contributed by atoms with Crippen molar-refractivity contribution in [3.8, 4) is 5.75 Å². The number of ether oxygens (including phenoxy) is 3. The van der Waals surface area contributed by atoms with E-state index in [1.165, 1.54) is 19.2 Å². The molecule has 9 heteroatoms. The topological polar surface area (TPSA) is 90.9 Å². The van der Waals surface area contributed by atoms with Crippen LogP contribution in [0.15, 0.2) is 51.8 Å². The maximum Gasteiger partial charge on any atom is 0.307 e. The van der Waals surface area contributed by atoms with Crippen molar-refractivity contribution in [2.24, 2.45) is 0 Å². The highest BCUT2D eigenvalue weighted by molar-refractivity contribution is 9.10. The summed E-state index contributed by atoms with van der Waals surface area (Å²) in [6.45, 7) is 2.57. The van der Waals surface area contributed by atoms with Gasteiger partial charge in [0.05, 0.1) is 31.1 Å². The average Bonchev–Trinajstić information content (AvgIpc) is 2.68. The first-order chi connectivity index (χ1) is 13.8. The predicted molar refractivity (Wildman–Crippen MR) is 112 cm³/mol. The van der Waals surface area contributed by atoms with Gasteiger partial charge in [0, 0.05) is 11.6 Å². The summed E-state index contributed by atoms with van der Waals surface area (Å²) >= 11 is 3.37. The van der Waals surface area contributed by atoms with Crippen LogP contribution < -0.4 is 9.46 Å². The lowest BCUT2D eigenvalue weighted by molar-refractivity contribution is -0.141. The maximum atomic E-state index is 13.0. The van der Waals surface area contributed by atoms with Crippen molar-refractivity contribution in [3.05, 3.63) is 58.1 Å². The van der Waals surface area contributed by atoms with E-state index < -0.39 is 22.0 Å². The fraction of sp³-hybridized carbons (Fsp3) is 0.350. The number of esters is 1. The van der Waals surface area contributed by atoms with Crippen LogP contribution in [0.5, 0.6) is 5.75 Å². The molecule has 7 nitrogen and oxygen atoms in total. The number of methoxy groups -OCH3 is 2. The fourth-order valence-corrected chi connectivity index (χ4v) is 4.37. The molecule has 0 aliphatic heterocycles. The molecule has 1 unspecified atom stereocenters. The molecule has 0 amide bonds. The summed E-state index contributed by atoms with van der Waals surface area (Å²) in [7, 11) is -1.05. The number of hydrogen-bond donors (Lipinski definition) is 1. The van der Waals surface area contributed by atoms with Gasteiger partial charge >= 0.3 is 5.97 Å². The van der Waals surface area contributed by atoms with Crippen molar-refractivity contribution in [1.29, 1.82) is 0 Å². The van der Waals surface area contributed by atoms with Gasteiger partial charge in [-0.2, -0.15) is 0 Å². The largest absolute Gasteiger partial charge is 0.491 e. The van der Waals surface area contributed by atoms with Gasteiger partial charge in [-0.1, -0.05) is 28.1 Å². The second kappa shape index (κ2) is 10.7. The van der Waals surface area contributed by atoms with Crippen LogP contribution in [0.1, 0.15) is 23.6 Å². The van der Waals surface area contributed by atoms with Crippen LogP contribution in [-0.4, -0.2) is 41.8 Å². The Morgan fingerprint density at radius 2 is 1.90 bits per heavy atom. The molecule has 0 fully saturated rings. The molecule has 0 aromatic heterocycles. The number of nitrogens with one attached hydrogen (secondary N) is 1. The van der Waals surface area contributed by atoms with E-state index in [2.05, 4.69) is 20.7 Å². The molecule has 158 valence electrons. The average molecular weight is 486 g/mol. The number of rotatable bonds is 10. The van der Waals surface area contributed by atoms with Gasteiger partial charge in [-0.3, -0.25) is 4.79 Å². The van der Waals surface area contributed by atoms with Gasteiger partial charge in [0.25, 0.3) is 0 Å². The molecule has 0 aliphatic rings. The molecular formula is C20H24BrNO6S. The third-order valence-corrected chi connectivity index (χ3v) is 6.11. The molecule has 0 aliphatic carbocycles. The molecule has 0 spiro atoms. The summed E-state index contributed by atoms with van der Waals surface area (Å²) in [5, 5.41) is 0. The summed E-state index contributed by atoms with van der Waals surface area (Å²) in [4.78, 5) is 11.9. The summed E-state index contributed by atoms with van der Waals surface area (Å²) in [5.41, 5.74) is 1.32. The smallest absolute Gasteiger partial charge is 0.307 e. The normalized spacial score (nSPS) is 12.4. The lowest BCUT2D eigenvalue weighted by Crippen LogP contribution is -2.30. The van der Waals surface area contributed by atoms with E-state index in [9.17, 15) is 13.2 Å². The Morgan fingerprint density at radius 3 is 2.52 bits per heavy atom. The number of sulfonamides is 1. The van der Waals surface area contributed by atoms with E-state index in [0.717, 1.165) is 4.47 Å². The molecule has 0 radical (unpaired) electrons. The van der Waals surface area contributed by atoms with Gasteiger partial charge < -0.3 is 14.2 Å². The number of aryl methyl sites for hydroxylation is 1. The minimum atomic E-state index is -3.89. The Balaban J connectivity index is 2.27. The predicted octanol–water partition coefficient (Wildman–Crippen LogP) is 3.37. The van der Waals surface area contributed by atoms with Crippen LogP contribution in [0.2, 0.25) is 0 Å². The molecule has 0 saturated heterocycles. The highest BCUT2D eigenvalue weighted by atomic mass is 79.9. The molecule has 2 aromatic rings. The van der Waals surface area contributed by atoms with Gasteiger partial charge in [0.2, 0.25) is 10.0 Å². The van der Waals surface area contributed by atoms with Crippen LogP contribution >= 0.6 is 15.9 Å². The number of halogens is 1. The summed E-state index contributed by atoms with van der Waals surface area (Å²) < 4.78 is 44.5. The van der Waals surface area contributed by atoms with Crippen LogP contribution in [0, 0.1) is 6.92 Å². The summed E-state index contributed by atoms with van der Waals surface area (Å²) in [6, 6.07) is 10.9. The Morgan fingerprint density at radius 1 is 1.14 bits per heavy atom. The first kappa shape index (κ1) is 23.3. The quantitative estimate of drug-likeness (QED) is 0.409. The van der Waals surface area contributed by atoms with Crippen LogP contribution in [0.3, 0.4) is 0 Å². The number of carbonyl (C=O) groups excluding carboxylic acids is 1. The van der Waals surface area contributed by atoms with Crippen LogP contribution in [0.25, 0.3) is 0 Å². The number of carbonyl (C=O) groups is 1. The zero-order chi connectivity index (χ0) is 21.4. The molecule has 1 N–H and O–H groups in total. The third-order valence-electron chi connectivity index (χ3n) is 4.15. The standard InChI is InChI=1S/C20H24BrNO6S/c1-14-11-17(7-8-19(14)28-10-9-26-2)29(24,25)22-18(13-20(23)27-3)15-5-4-6-16(21)12-15/h4-8,11-12,18,22H,9-10,13H2,1-3H3. The van der Waals surface area contributed by atoms with Crippen LogP contribution in [0.4, 0.5) is 0 Å². The van der Waals surface area contributed by atoms with Crippen molar-refractivity contribution in [1.82, 2.24) is 4.72 Å². The monoisotopic (exact) mass is 485 g/mol. The van der Waals surface area contributed by atoms with Gasteiger partial charge in [-0.25, -0.2) is 13.1 Å². The molecule has 29 heavy (non-hydrogen) atoms. The lowest BCUT2D eigenvalue weighted by atomic mass is 10.1. The Hall–Kier alpha value is -1.94. The zero-order valence-corrected chi connectivity index (χ0v) is 18.9. The third kappa shape index (κ3) is 6.81. The van der Waals surface area contributed by atoms with E-state index in [1.54, 1.807) is 38.3 Å². The van der Waals surface area contributed by atoms with Gasteiger partial charge in [-0.15, -0.1) is 0 Å². The first-order valence-electron chi connectivity index (χ1n) is 8.84. The maximum absolute atomic E-state index is 13.0. The molecule has 0 saturated carbocycles. The fourth-order valence-electron chi connectivity index (χ4n) is 2.64. The van der Waals surface area contributed by atoms with Crippen molar-refractivity contribution in [2.75, 3.05) is 27.4 Å². The summed E-state index contributed by atoms with van der Waals surface area (Å²) in [6.07, 6.45) is -0.136. The van der Waals surface area contributed by atoms with Crippen molar-refractivity contribution in [3.63, 3.8) is 0 Å². The Kier molecular flexibility index (Phi) is 8.63. The van der Waals surface area contributed by atoms with Gasteiger partial charge in [0.1, 0.15) is 12.4 Å². The zero-order valence-electron chi connectivity index (χ0n) is 16.5. The molecule has 2 rings (SSSR count). The van der Waals surface area contributed by atoms with Gasteiger partial charge in [0.15, 0.2) is 0 Å². The van der Waals surface area contributed by atoms with E-state index in [0.29, 0.717) is 30.1 Å². The number of hydrogen-bond acceptors (Lipinski definition) is 6.